The minimum absolute atomic E-state index is 0.183. The Kier molecular flexibility index (Phi) is 6.07. The normalized spacial score (nSPS) is 13.4. The maximum Gasteiger partial charge on any atom is 0.411 e. The summed E-state index contributed by atoms with van der Waals surface area (Å²) in [5.74, 6) is 2.36. The van der Waals surface area contributed by atoms with E-state index in [1.54, 1.807) is 6.92 Å². The third-order valence-electron chi connectivity index (χ3n) is 5.90. The molecule has 5 rings (SSSR count). The van der Waals surface area contributed by atoms with Crippen LogP contribution in [0.1, 0.15) is 38.4 Å². The number of carbonyl (C=O) groups excluding carboxylic acids is 1. The van der Waals surface area contributed by atoms with Gasteiger partial charge in [0, 0.05) is 36.2 Å². The molecule has 0 saturated heterocycles. The van der Waals surface area contributed by atoms with Crippen LogP contribution in [0.25, 0.3) is 22.2 Å². The highest BCUT2D eigenvalue weighted by molar-refractivity contribution is 6.01. The zero-order valence-corrected chi connectivity index (χ0v) is 20.1. The molecule has 0 bridgehead atoms. The molecule has 0 unspecified atom stereocenters. The lowest BCUT2D eigenvalue weighted by atomic mass is 10.1. The first-order valence-corrected chi connectivity index (χ1v) is 11.8. The Hall–Kier alpha value is -4.01. The smallest absolute Gasteiger partial charge is 0.411 e. The van der Waals surface area contributed by atoms with E-state index in [4.69, 9.17) is 19.7 Å². The predicted molar refractivity (Wildman–Crippen MR) is 133 cm³/mol. The maximum atomic E-state index is 11.9. The number of anilines is 2. The lowest BCUT2D eigenvalue weighted by Crippen LogP contribution is -2.17. The molecular weight excluding hydrogens is 446 g/mol. The molecule has 3 N–H and O–H groups in total. The average molecular weight is 476 g/mol. The highest BCUT2D eigenvalue weighted by Gasteiger charge is 2.26. The van der Waals surface area contributed by atoms with Gasteiger partial charge in [0.15, 0.2) is 6.61 Å². The van der Waals surface area contributed by atoms with Gasteiger partial charge in [-0.15, -0.1) is 0 Å². The number of hydrogen-bond donors (Lipinski definition) is 2. The van der Waals surface area contributed by atoms with Crippen molar-refractivity contribution in [3.8, 4) is 17.0 Å². The number of aryl methyl sites for hydroxylation is 1. The number of amides is 1. The van der Waals surface area contributed by atoms with Gasteiger partial charge in [-0.2, -0.15) is 4.98 Å². The summed E-state index contributed by atoms with van der Waals surface area (Å²) in [6, 6.07) is 13.6. The second-order valence-electron chi connectivity index (χ2n) is 9.17. The number of nitrogen functional groups attached to an aromatic ring is 1. The van der Waals surface area contributed by atoms with E-state index in [1.807, 2.05) is 56.3 Å². The molecule has 182 valence electrons. The van der Waals surface area contributed by atoms with E-state index in [1.165, 1.54) is 12.8 Å². The number of ether oxygens (including phenoxy) is 2. The van der Waals surface area contributed by atoms with E-state index >= 15 is 0 Å². The second kappa shape index (κ2) is 9.32. The molecule has 4 aromatic rings. The van der Waals surface area contributed by atoms with Crippen LogP contribution in [0, 0.1) is 12.8 Å². The standard InChI is InChI=1S/C26H29N5O4/c1-15(2)34-26(32)29-19-8-6-18(7-9-19)25-24(27)21-11-10-20(33-14-23-28-16(3)35-30-23)12-22(21)31(25)13-17-4-5-17/h6-12,15,17H,4-5,13-14,27H2,1-3H3,(H,29,32). The number of hydrogen-bond acceptors (Lipinski definition) is 7. The van der Waals surface area contributed by atoms with Gasteiger partial charge in [0.25, 0.3) is 0 Å². The van der Waals surface area contributed by atoms with Crippen LogP contribution in [0.4, 0.5) is 16.2 Å². The first-order valence-electron chi connectivity index (χ1n) is 11.8. The summed E-state index contributed by atoms with van der Waals surface area (Å²) in [7, 11) is 0. The second-order valence-corrected chi connectivity index (χ2v) is 9.17. The fourth-order valence-corrected chi connectivity index (χ4v) is 4.13. The molecule has 9 nitrogen and oxygen atoms in total. The molecular formula is C26H29N5O4. The van der Waals surface area contributed by atoms with Crippen molar-refractivity contribution in [3.63, 3.8) is 0 Å². The van der Waals surface area contributed by atoms with Crippen molar-refractivity contribution in [2.75, 3.05) is 11.1 Å². The summed E-state index contributed by atoms with van der Waals surface area (Å²) in [6.45, 7) is 6.48. The van der Waals surface area contributed by atoms with Crippen molar-refractivity contribution in [1.82, 2.24) is 14.7 Å². The highest BCUT2D eigenvalue weighted by atomic mass is 16.6. The Morgan fingerprint density at radius 3 is 2.66 bits per heavy atom. The largest absolute Gasteiger partial charge is 0.485 e. The lowest BCUT2D eigenvalue weighted by Gasteiger charge is -2.13. The van der Waals surface area contributed by atoms with Crippen LogP contribution < -0.4 is 15.8 Å². The van der Waals surface area contributed by atoms with E-state index in [-0.39, 0.29) is 12.7 Å². The SMILES string of the molecule is Cc1nc(COc2ccc3c(N)c(-c4ccc(NC(=O)OC(C)C)cc4)n(CC4CC4)c3c2)no1. The Labute approximate surface area is 203 Å². The number of rotatable bonds is 8. The van der Waals surface area contributed by atoms with Crippen molar-refractivity contribution in [2.24, 2.45) is 5.92 Å². The molecule has 1 fully saturated rings. The van der Waals surface area contributed by atoms with Crippen molar-refractivity contribution in [3.05, 3.63) is 54.2 Å². The summed E-state index contributed by atoms with van der Waals surface area (Å²) in [6.07, 6.45) is 1.77. The molecule has 1 aliphatic rings. The van der Waals surface area contributed by atoms with Gasteiger partial charge < -0.3 is 24.3 Å². The first kappa shape index (κ1) is 22.8. The highest BCUT2D eigenvalue weighted by Crippen LogP contribution is 2.41. The minimum atomic E-state index is -0.473. The molecule has 0 spiro atoms. The summed E-state index contributed by atoms with van der Waals surface area (Å²) < 4.78 is 18.4. The molecule has 0 aliphatic heterocycles. The summed E-state index contributed by atoms with van der Waals surface area (Å²) in [5, 5.41) is 7.62. The number of aromatic nitrogens is 3. The zero-order chi connectivity index (χ0) is 24.5. The van der Waals surface area contributed by atoms with E-state index < -0.39 is 6.09 Å². The summed E-state index contributed by atoms with van der Waals surface area (Å²) in [5.41, 5.74) is 11.0. The van der Waals surface area contributed by atoms with Crippen LogP contribution in [-0.4, -0.2) is 26.9 Å². The monoisotopic (exact) mass is 475 g/mol. The molecule has 1 saturated carbocycles. The van der Waals surface area contributed by atoms with E-state index in [2.05, 4.69) is 20.0 Å². The minimum Gasteiger partial charge on any atom is -0.485 e. The first-order chi connectivity index (χ1) is 16.9. The number of carbonyl (C=O) groups is 1. The Bertz CT molecular complexity index is 1350. The van der Waals surface area contributed by atoms with Crippen LogP contribution in [0.3, 0.4) is 0 Å². The molecule has 2 aromatic carbocycles. The van der Waals surface area contributed by atoms with Crippen LogP contribution >= 0.6 is 0 Å². The van der Waals surface area contributed by atoms with Gasteiger partial charge in [0.1, 0.15) is 5.75 Å². The number of nitrogens with zero attached hydrogens (tertiary/aromatic N) is 3. The predicted octanol–water partition coefficient (Wildman–Crippen LogP) is 5.53. The van der Waals surface area contributed by atoms with Gasteiger partial charge in [-0.3, -0.25) is 5.32 Å². The van der Waals surface area contributed by atoms with Gasteiger partial charge in [0.05, 0.1) is 23.0 Å². The number of benzene rings is 2. The molecule has 0 atom stereocenters. The molecule has 2 aromatic heterocycles. The lowest BCUT2D eigenvalue weighted by molar-refractivity contribution is 0.130. The molecule has 35 heavy (non-hydrogen) atoms. The quantitative estimate of drug-likeness (QED) is 0.344. The number of fused-ring (bicyclic) bond motifs is 1. The Morgan fingerprint density at radius 2 is 2.00 bits per heavy atom. The van der Waals surface area contributed by atoms with E-state index in [0.717, 1.165) is 34.4 Å². The van der Waals surface area contributed by atoms with E-state index in [9.17, 15) is 4.79 Å². The van der Waals surface area contributed by atoms with Gasteiger partial charge >= 0.3 is 6.09 Å². The van der Waals surface area contributed by atoms with E-state index in [0.29, 0.717) is 29.1 Å². The molecule has 1 amide bonds. The van der Waals surface area contributed by atoms with Crippen molar-refractivity contribution in [1.29, 1.82) is 0 Å². The van der Waals surface area contributed by atoms with Crippen molar-refractivity contribution in [2.45, 2.75) is 52.9 Å². The summed E-state index contributed by atoms with van der Waals surface area (Å²) >= 11 is 0. The number of nitrogens with two attached hydrogens (primary N) is 1. The average Bonchev–Trinajstić information content (AvgIpc) is 3.48. The molecule has 1 aliphatic carbocycles. The molecule has 0 radical (unpaired) electrons. The Balaban J connectivity index is 1.45. The topological polar surface area (TPSA) is 117 Å². The Morgan fingerprint density at radius 1 is 1.23 bits per heavy atom. The van der Waals surface area contributed by atoms with Gasteiger partial charge in [0.2, 0.25) is 11.7 Å². The van der Waals surface area contributed by atoms with Crippen LogP contribution in [0.5, 0.6) is 5.75 Å². The maximum absolute atomic E-state index is 11.9. The zero-order valence-electron chi connectivity index (χ0n) is 20.1. The van der Waals surface area contributed by atoms with Crippen molar-refractivity contribution < 1.29 is 18.8 Å². The molecule has 9 heteroatoms. The third-order valence-corrected chi connectivity index (χ3v) is 5.90. The van der Waals surface area contributed by atoms with Gasteiger partial charge in [-0.25, -0.2) is 4.79 Å². The third kappa shape index (κ3) is 5.08. The van der Waals surface area contributed by atoms with Crippen LogP contribution in [0.2, 0.25) is 0 Å². The van der Waals surface area contributed by atoms with Gasteiger partial charge in [-0.1, -0.05) is 17.3 Å². The fourth-order valence-electron chi connectivity index (χ4n) is 4.13. The fraction of sp³-hybridized carbons (Fsp3) is 0.346. The van der Waals surface area contributed by atoms with Crippen LogP contribution in [-0.2, 0) is 17.9 Å². The molecule has 2 heterocycles. The van der Waals surface area contributed by atoms with Gasteiger partial charge in [-0.05, 0) is 56.9 Å². The van der Waals surface area contributed by atoms with Crippen molar-refractivity contribution >= 4 is 28.4 Å². The number of nitrogens with one attached hydrogen (secondary N) is 1. The van der Waals surface area contributed by atoms with Crippen LogP contribution in [0.15, 0.2) is 47.0 Å². The summed E-state index contributed by atoms with van der Waals surface area (Å²) in [4.78, 5) is 16.1.